The average molecular weight is 544 g/mol. The Kier molecular flexibility index (Phi) is 12.8. The van der Waals surface area contributed by atoms with Gasteiger partial charge in [-0.1, -0.05) is 31.2 Å². The van der Waals surface area contributed by atoms with Gasteiger partial charge in [-0.25, -0.2) is 4.99 Å². The molecule has 0 aliphatic carbocycles. The molecule has 7 heteroatoms. The third-order valence-corrected chi connectivity index (χ3v) is 6.19. The molecule has 31 heavy (non-hydrogen) atoms. The van der Waals surface area contributed by atoms with E-state index >= 15 is 0 Å². The molecule has 0 atom stereocenters. The van der Waals surface area contributed by atoms with Gasteiger partial charge in [-0.05, 0) is 62.9 Å². The van der Waals surface area contributed by atoms with E-state index in [1.54, 1.807) is 0 Å². The summed E-state index contributed by atoms with van der Waals surface area (Å²) in [5.41, 5.74) is 2.75. The number of nitrogens with one attached hydrogen (secondary N) is 2. The first-order valence-corrected chi connectivity index (χ1v) is 11.9. The van der Waals surface area contributed by atoms with Crippen LogP contribution >= 0.6 is 24.0 Å². The average Bonchev–Trinajstić information content (AvgIpc) is 2.78. The summed E-state index contributed by atoms with van der Waals surface area (Å²) in [4.78, 5) is 9.95. The van der Waals surface area contributed by atoms with Gasteiger partial charge < -0.3 is 15.4 Å². The Morgan fingerprint density at radius 3 is 2.45 bits per heavy atom. The van der Waals surface area contributed by atoms with Crippen molar-refractivity contribution < 1.29 is 4.74 Å². The number of likely N-dealkylation sites (tertiary alicyclic amines) is 1. The van der Waals surface area contributed by atoms with Crippen LogP contribution in [0.4, 0.5) is 0 Å². The number of piperidine rings is 1. The van der Waals surface area contributed by atoms with E-state index < -0.39 is 0 Å². The van der Waals surface area contributed by atoms with Gasteiger partial charge in [-0.15, -0.1) is 24.0 Å². The first kappa shape index (κ1) is 26.4. The van der Waals surface area contributed by atoms with Gasteiger partial charge in [-0.2, -0.15) is 0 Å². The molecular formula is C24H42IN5O. The maximum atomic E-state index is 5.42. The fourth-order valence-corrected chi connectivity index (χ4v) is 4.17. The number of morpholine rings is 1. The van der Waals surface area contributed by atoms with Crippen LogP contribution in [0.1, 0.15) is 44.2 Å². The number of halogens is 1. The van der Waals surface area contributed by atoms with Crippen LogP contribution in [0.15, 0.2) is 29.3 Å². The molecule has 1 aromatic carbocycles. The molecule has 176 valence electrons. The van der Waals surface area contributed by atoms with Crippen LogP contribution in [0, 0.1) is 5.92 Å². The molecule has 0 aromatic heterocycles. The largest absolute Gasteiger partial charge is 0.379 e. The predicted molar refractivity (Wildman–Crippen MR) is 140 cm³/mol. The van der Waals surface area contributed by atoms with Gasteiger partial charge in [0.25, 0.3) is 0 Å². The van der Waals surface area contributed by atoms with E-state index in [0.29, 0.717) is 0 Å². The highest BCUT2D eigenvalue weighted by molar-refractivity contribution is 14.0. The number of aliphatic imine (C=N–C) groups is 1. The van der Waals surface area contributed by atoms with Crippen LogP contribution in [-0.4, -0.2) is 74.8 Å². The Labute approximate surface area is 206 Å². The van der Waals surface area contributed by atoms with E-state index in [0.717, 1.165) is 77.3 Å². The molecule has 2 fully saturated rings. The molecule has 2 aliphatic heterocycles. The smallest absolute Gasteiger partial charge is 0.191 e. The summed E-state index contributed by atoms with van der Waals surface area (Å²) in [6, 6.07) is 8.79. The lowest BCUT2D eigenvalue weighted by Crippen LogP contribution is -2.40. The van der Waals surface area contributed by atoms with Crippen molar-refractivity contribution in [3.63, 3.8) is 0 Å². The number of benzene rings is 1. The van der Waals surface area contributed by atoms with Crippen LogP contribution in [-0.2, 0) is 17.8 Å². The summed E-state index contributed by atoms with van der Waals surface area (Å²) in [6.45, 7) is 15.5. The zero-order valence-electron chi connectivity index (χ0n) is 19.4. The van der Waals surface area contributed by atoms with Crippen molar-refractivity contribution in [2.24, 2.45) is 10.9 Å². The van der Waals surface area contributed by atoms with E-state index in [9.17, 15) is 0 Å². The molecule has 0 radical (unpaired) electrons. The lowest BCUT2D eigenvalue weighted by molar-refractivity contribution is 0.0376. The number of ether oxygens (including phenoxy) is 1. The Bertz CT molecular complexity index is 643. The lowest BCUT2D eigenvalue weighted by atomic mass is 9.98. The monoisotopic (exact) mass is 543 g/mol. The first-order chi connectivity index (χ1) is 14.7. The second-order valence-electron chi connectivity index (χ2n) is 8.66. The topological polar surface area (TPSA) is 52.1 Å². The highest BCUT2D eigenvalue weighted by atomic mass is 127. The lowest BCUT2D eigenvalue weighted by Gasteiger charge is -2.30. The standard InChI is InChI=1S/C24H41N5O.HI/c1-3-25-24(26-11-6-12-28-15-17-30-18-16-28)27-19-22-7-4-5-8-23(22)20-29-13-9-21(2)10-14-29;/h4-5,7-8,21H,3,6,9-20H2,1-2H3,(H2,25,26,27);1H. The molecule has 6 nitrogen and oxygen atoms in total. The van der Waals surface area contributed by atoms with Crippen LogP contribution in [0.3, 0.4) is 0 Å². The van der Waals surface area contributed by atoms with Crippen LogP contribution < -0.4 is 10.6 Å². The fourth-order valence-electron chi connectivity index (χ4n) is 4.17. The Morgan fingerprint density at radius 1 is 1.03 bits per heavy atom. The highest BCUT2D eigenvalue weighted by Crippen LogP contribution is 2.20. The van der Waals surface area contributed by atoms with E-state index in [1.807, 2.05) is 0 Å². The SMILES string of the molecule is CCNC(=NCc1ccccc1CN1CCC(C)CC1)NCCCN1CCOCC1.I. The Hall–Kier alpha value is -0.900. The molecule has 0 amide bonds. The molecule has 0 saturated carbocycles. The normalized spacial score (nSPS) is 19.1. The molecule has 0 bridgehead atoms. The van der Waals surface area contributed by atoms with Gasteiger partial charge in [-0.3, -0.25) is 9.80 Å². The molecule has 2 N–H and O–H groups in total. The summed E-state index contributed by atoms with van der Waals surface area (Å²) < 4.78 is 5.42. The summed E-state index contributed by atoms with van der Waals surface area (Å²) >= 11 is 0. The summed E-state index contributed by atoms with van der Waals surface area (Å²) in [6.07, 6.45) is 3.76. The maximum Gasteiger partial charge on any atom is 0.191 e. The minimum absolute atomic E-state index is 0. The van der Waals surface area contributed by atoms with Crippen molar-refractivity contribution in [1.29, 1.82) is 0 Å². The number of nitrogens with zero attached hydrogens (tertiary/aromatic N) is 3. The van der Waals surface area contributed by atoms with Gasteiger partial charge in [0.2, 0.25) is 0 Å². The summed E-state index contributed by atoms with van der Waals surface area (Å²) in [7, 11) is 0. The van der Waals surface area contributed by atoms with Crippen molar-refractivity contribution in [3.8, 4) is 0 Å². The van der Waals surface area contributed by atoms with Crippen molar-refractivity contribution >= 4 is 29.9 Å². The van der Waals surface area contributed by atoms with Crippen LogP contribution in [0.25, 0.3) is 0 Å². The zero-order valence-corrected chi connectivity index (χ0v) is 21.8. The number of rotatable bonds is 9. The Morgan fingerprint density at radius 2 is 1.74 bits per heavy atom. The first-order valence-electron chi connectivity index (χ1n) is 11.9. The molecule has 2 saturated heterocycles. The second kappa shape index (κ2) is 15.0. The quantitative estimate of drug-likeness (QED) is 0.217. The van der Waals surface area contributed by atoms with Crippen molar-refractivity contribution in [3.05, 3.63) is 35.4 Å². The Balaban J connectivity index is 0.00000341. The van der Waals surface area contributed by atoms with Gasteiger partial charge in [0, 0.05) is 32.7 Å². The molecule has 0 unspecified atom stereocenters. The van der Waals surface area contributed by atoms with E-state index in [2.05, 4.69) is 58.5 Å². The molecule has 3 rings (SSSR count). The number of guanidine groups is 1. The van der Waals surface area contributed by atoms with Gasteiger partial charge >= 0.3 is 0 Å². The number of hydrogen-bond acceptors (Lipinski definition) is 4. The molecule has 0 spiro atoms. The summed E-state index contributed by atoms with van der Waals surface area (Å²) in [5, 5.41) is 6.90. The third-order valence-electron chi connectivity index (χ3n) is 6.19. The van der Waals surface area contributed by atoms with E-state index in [1.165, 1.54) is 37.1 Å². The maximum absolute atomic E-state index is 5.42. The van der Waals surface area contributed by atoms with E-state index in [-0.39, 0.29) is 24.0 Å². The fraction of sp³-hybridized carbons (Fsp3) is 0.708. The highest BCUT2D eigenvalue weighted by Gasteiger charge is 2.16. The van der Waals surface area contributed by atoms with Gasteiger partial charge in [0.1, 0.15) is 0 Å². The third kappa shape index (κ3) is 9.63. The van der Waals surface area contributed by atoms with Crippen molar-refractivity contribution in [2.75, 3.05) is 59.0 Å². The van der Waals surface area contributed by atoms with Gasteiger partial charge in [0.15, 0.2) is 5.96 Å². The van der Waals surface area contributed by atoms with E-state index in [4.69, 9.17) is 9.73 Å². The molecule has 1 aromatic rings. The van der Waals surface area contributed by atoms with Crippen molar-refractivity contribution in [2.45, 2.75) is 46.2 Å². The number of hydrogen-bond donors (Lipinski definition) is 2. The van der Waals surface area contributed by atoms with Crippen molar-refractivity contribution in [1.82, 2.24) is 20.4 Å². The van der Waals surface area contributed by atoms with Crippen LogP contribution in [0.2, 0.25) is 0 Å². The predicted octanol–water partition coefficient (Wildman–Crippen LogP) is 3.31. The summed E-state index contributed by atoms with van der Waals surface area (Å²) in [5.74, 6) is 1.79. The minimum atomic E-state index is 0. The van der Waals surface area contributed by atoms with Gasteiger partial charge in [0.05, 0.1) is 19.8 Å². The molecular weight excluding hydrogens is 501 g/mol. The minimum Gasteiger partial charge on any atom is -0.379 e. The molecule has 2 heterocycles. The second-order valence-corrected chi connectivity index (χ2v) is 8.66. The zero-order chi connectivity index (χ0) is 21.0. The molecule has 2 aliphatic rings. The van der Waals surface area contributed by atoms with Crippen LogP contribution in [0.5, 0.6) is 0 Å².